The first kappa shape index (κ1) is 25.9. The molecule has 0 amide bonds. The first-order valence-electron chi connectivity index (χ1n) is 13.6. The van der Waals surface area contributed by atoms with Crippen molar-refractivity contribution in [2.24, 2.45) is 0 Å². The predicted octanol–water partition coefficient (Wildman–Crippen LogP) is 7.95. The van der Waals surface area contributed by atoms with Crippen molar-refractivity contribution < 1.29 is 4.74 Å². The number of benzene rings is 2. The van der Waals surface area contributed by atoms with Crippen LogP contribution in [0, 0.1) is 20.8 Å². The van der Waals surface area contributed by atoms with Crippen molar-refractivity contribution in [2.75, 3.05) is 4.90 Å². The smallest absolute Gasteiger partial charge is 0.174 e. The molecule has 1 N–H and O–H groups in total. The highest BCUT2D eigenvalue weighted by Gasteiger charge is 2.42. The van der Waals surface area contributed by atoms with Crippen LogP contribution in [0.25, 0.3) is 5.69 Å². The van der Waals surface area contributed by atoms with Crippen LogP contribution in [-0.4, -0.2) is 20.8 Å². The third kappa shape index (κ3) is 4.92. The topological polar surface area (TPSA) is 42.3 Å². The van der Waals surface area contributed by atoms with Crippen LogP contribution < -0.4 is 15.0 Å². The Labute approximate surface area is 240 Å². The summed E-state index contributed by atoms with van der Waals surface area (Å²) in [5.74, 6) is 0.913. The van der Waals surface area contributed by atoms with Gasteiger partial charge >= 0.3 is 0 Å². The van der Waals surface area contributed by atoms with Gasteiger partial charge in [0.25, 0.3) is 0 Å². The number of hydrogen-bond acceptors (Lipinski definition) is 3. The van der Waals surface area contributed by atoms with Crippen LogP contribution in [0.5, 0.6) is 5.75 Å². The molecule has 39 heavy (non-hydrogen) atoms. The Kier molecular flexibility index (Phi) is 7.08. The molecular weight excluding hydrogens is 524 g/mol. The summed E-state index contributed by atoms with van der Waals surface area (Å²) in [6.07, 6.45) is 6.94. The molecule has 0 spiro atoms. The van der Waals surface area contributed by atoms with E-state index in [1.165, 1.54) is 24.0 Å². The molecule has 2 aliphatic rings. The van der Waals surface area contributed by atoms with Gasteiger partial charge in [-0.05, 0) is 124 Å². The lowest BCUT2D eigenvalue weighted by Crippen LogP contribution is -2.29. The summed E-state index contributed by atoms with van der Waals surface area (Å²) in [5.41, 5.74) is 7.74. The number of aryl methyl sites for hydroxylation is 2. The van der Waals surface area contributed by atoms with Gasteiger partial charge in [0.05, 0.1) is 23.9 Å². The minimum Gasteiger partial charge on any atom is -0.490 e. The summed E-state index contributed by atoms with van der Waals surface area (Å²) in [5, 5.41) is 5.00. The molecule has 2 fully saturated rings. The predicted molar refractivity (Wildman–Crippen MR) is 162 cm³/mol. The molecule has 3 heterocycles. The summed E-state index contributed by atoms with van der Waals surface area (Å²) < 4.78 is 8.53. The monoisotopic (exact) mass is 556 g/mol. The largest absolute Gasteiger partial charge is 0.490 e. The van der Waals surface area contributed by atoms with E-state index in [-0.39, 0.29) is 12.1 Å². The number of rotatable bonds is 6. The van der Waals surface area contributed by atoms with Gasteiger partial charge in [0, 0.05) is 34.0 Å². The van der Waals surface area contributed by atoms with Gasteiger partial charge in [0.2, 0.25) is 0 Å². The van der Waals surface area contributed by atoms with Crippen molar-refractivity contribution in [2.45, 2.75) is 64.6 Å². The number of hydrogen-bond donors (Lipinski definition) is 1. The molecule has 2 atom stereocenters. The van der Waals surface area contributed by atoms with Crippen molar-refractivity contribution in [1.82, 2.24) is 14.9 Å². The molecule has 0 bridgehead atoms. The Morgan fingerprint density at radius 3 is 2.46 bits per heavy atom. The van der Waals surface area contributed by atoms with E-state index in [1.807, 2.05) is 30.5 Å². The Morgan fingerprint density at radius 1 is 0.974 bits per heavy atom. The van der Waals surface area contributed by atoms with Crippen LogP contribution in [0.2, 0.25) is 5.02 Å². The molecule has 0 radical (unpaired) electrons. The molecule has 7 heteroatoms. The van der Waals surface area contributed by atoms with Crippen molar-refractivity contribution in [3.8, 4) is 11.4 Å². The standard InChI is InChI=1S/C32H33ClN4OS/c1-20-11-12-23(33)19-29(20)36-21(2)18-27(22(36)3)31-30(28-10-6-7-17-34-28)35-32(39)37(31)24-13-15-26(16-14-24)38-25-8-4-5-9-25/h6-7,10-19,25,30-31H,4-5,8-9H2,1-3H3,(H,35,39)/t30-,31-/m1/s1. The van der Waals surface area contributed by atoms with Gasteiger partial charge in [-0.1, -0.05) is 23.7 Å². The second-order valence-electron chi connectivity index (χ2n) is 10.6. The second-order valence-corrected chi connectivity index (χ2v) is 11.4. The number of pyridine rings is 1. The van der Waals surface area contributed by atoms with Gasteiger partial charge in [0.1, 0.15) is 5.75 Å². The Bertz CT molecular complexity index is 1490. The van der Waals surface area contributed by atoms with E-state index in [9.17, 15) is 0 Å². The lowest BCUT2D eigenvalue weighted by Gasteiger charge is -2.28. The molecule has 4 aromatic rings. The summed E-state index contributed by atoms with van der Waals surface area (Å²) in [6, 6.07) is 22.5. The van der Waals surface area contributed by atoms with Gasteiger partial charge in [-0.25, -0.2) is 0 Å². The molecule has 200 valence electrons. The average molecular weight is 557 g/mol. The van der Waals surface area contributed by atoms with Crippen LogP contribution in [0.3, 0.4) is 0 Å². The minimum absolute atomic E-state index is 0.0894. The van der Waals surface area contributed by atoms with Gasteiger partial charge < -0.3 is 19.5 Å². The molecule has 1 aliphatic heterocycles. The van der Waals surface area contributed by atoms with E-state index >= 15 is 0 Å². The molecule has 6 rings (SSSR count). The minimum atomic E-state index is -0.109. The fourth-order valence-corrected chi connectivity index (χ4v) is 6.63. The van der Waals surface area contributed by atoms with Crippen LogP contribution in [-0.2, 0) is 0 Å². The number of halogens is 1. The maximum atomic E-state index is 6.43. The van der Waals surface area contributed by atoms with E-state index in [0.717, 1.165) is 52.1 Å². The van der Waals surface area contributed by atoms with Gasteiger partial charge in [-0.15, -0.1) is 0 Å². The number of aromatic nitrogens is 2. The zero-order chi connectivity index (χ0) is 27.1. The summed E-state index contributed by atoms with van der Waals surface area (Å²) >= 11 is 12.4. The third-order valence-corrected chi connectivity index (χ3v) is 8.57. The van der Waals surface area contributed by atoms with Crippen molar-refractivity contribution in [1.29, 1.82) is 0 Å². The maximum Gasteiger partial charge on any atom is 0.174 e. The molecular formula is C32H33ClN4OS. The van der Waals surface area contributed by atoms with Gasteiger partial charge in [-0.3, -0.25) is 4.98 Å². The highest BCUT2D eigenvalue weighted by molar-refractivity contribution is 7.80. The van der Waals surface area contributed by atoms with Gasteiger partial charge in [0.15, 0.2) is 5.11 Å². The molecule has 2 aromatic carbocycles. The normalized spacial score (nSPS) is 19.5. The summed E-state index contributed by atoms with van der Waals surface area (Å²) in [6.45, 7) is 6.44. The number of nitrogens with one attached hydrogen (secondary N) is 1. The molecule has 1 aliphatic carbocycles. The van der Waals surface area contributed by atoms with E-state index in [4.69, 9.17) is 33.5 Å². The number of anilines is 1. The first-order valence-corrected chi connectivity index (χ1v) is 14.4. The Hall–Kier alpha value is -3.35. The lowest BCUT2D eigenvalue weighted by atomic mass is 9.96. The van der Waals surface area contributed by atoms with E-state index in [0.29, 0.717) is 11.2 Å². The van der Waals surface area contributed by atoms with E-state index < -0.39 is 0 Å². The number of ether oxygens (including phenoxy) is 1. The van der Waals surface area contributed by atoms with Crippen LogP contribution in [0.4, 0.5) is 5.69 Å². The first-order chi connectivity index (χ1) is 18.9. The Balaban J connectivity index is 1.43. The summed E-state index contributed by atoms with van der Waals surface area (Å²) in [4.78, 5) is 6.95. The SMILES string of the molecule is Cc1ccc(Cl)cc1-n1c(C)cc([C@@H]2[C@@H](c3ccccn3)NC(=S)N2c2ccc(OC3CCCC3)cc2)c1C. The molecule has 2 aromatic heterocycles. The third-order valence-electron chi connectivity index (χ3n) is 8.02. The van der Waals surface area contributed by atoms with Crippen LogP contribution in [0.15, 0.2) is 72.9 Å². The lowest BCUT2D eigenvalue weighted by molar-refractivity contribution is 0.210. The number of nitrogens with zero attached hydrogens (tertiary/aromatic N) is 3. The van der Waals surface area contributed by atoms with Crippen LogP contribution >= 0.6 is 23.8 Å². The van der Waals surface area contributed by atoms with Crippen LogP contribution in [0.1, 0.15) is 66.0 Å². The maximum absolute atomic E-state index is 6.43. The fraction of sp³-hybridized carbons (Fsp3) is 0.312. The highest BCUT2D eigenvalue weighted by atomic mass is 35.5. The quantitative estimate of drug-likeness (QED) is 0.244. The van der Waals surface area contributed by atoms with Crippen molar-refractivity contribution >= 4 is 34.6 Å². The number of thiocarbonyl (C=S) groups is 1. The van der Waals surface area contributed by atoms with E-state index in [2.05, 4.69) is 78.0 Å². The molecule has 1 saturated heterocycles. The molecule has 0 unspecified atom stereocenters. The zero-order valence-electron chi connectivity index (χ0n) is 22.5. The fourth-order valence-electron chi connectivity index (χ4n) is 6.11. The second kappa shape index (κ2) is 10.7. The van der Waals surface area contributed by atoms with Crippen molar-refractivity contribution in [3.63, 3.8) is 0 Å². The Morgan fingerprint density at radius 2 is 1.74 bits per heavy atom. The summed E-state index contributed by atoms with van der Waals surface area (Å²) in [7, 11) is 0. The molecule has 5 nitrogen and oxygen atoms in total. The van der Waals surface area contributed by atoms with Crippen molar-refractivity contribution in [3.05, 3.63) is 106 Å². The zero-order valence-corrected chi connectivity index (χ0v) is 24.1. The van der Waals surface area contributed by atoms with Gasteiger partial charge in [-0.2, -0.15) is 0 Å². The molecule has 1 saturated carbocycles. The van der Waals surface area contributed by atoms with E-state index in [1.54, 1.807) is 0 Å². The average Bonchev–Trinajstić information content (AvgIpc) is 3.64. The highest BCUT2D eigenvalue weighted by Crippen LogP contribution is 2.44.